The fourth-order valence-electron chi connectivity index (χ4n) is 1.18. The van der Waals surface area contributed by atoms with Crippen LogP contribution in [0.4, 0.5) is 0 Å². The Bertz CT molecular complexity index is 209. The number of hydrogen-bond donors (Lipinski definition) is 0. The first-order chi connectivity index (χ1) is 4.63. The van der Waals surface area contributed by atoms with Gasteiger partial charge in [-0.15, -0.1) is 0 Å². The SMILES string of the molecule is CC(C)[N+](=c1pp1)C(C)C. The summed E-state index contributed by atoms with van der Waals surface area (Å²) in [7, 11) is 3.05. The van der Waals surface area contributed by atoms with Gasteiger partial charge in [0.05, 0.1) is 15.7 Å². The van der Waals surface area contributed by atoms with E-state index in [0.29, 0.717) is 12.1 Å². The summed E-state index contributed by atoms with van der Waals surface area (Å²) in [6.45, 7) is 9.04. The van der Waals surface area contributed by atoms with Gasteiger partial charge in [0.15, 0.2) is 0 Å². The van der Waals surface area contributed by atoms with Crippen molar-refractivity contribution in [3.05, 3.63) is 4.82 Å². The van der Waals surface area contributed by atoms with Crippen molar-refractivity contribution in [2.45, 2.75) is 39.8 Å². The minimum Gasteiger partial charge on any atom is -0.218 e. The van der Waals surface area contributed by atoms with E-state index >= 15 is 0 Å². The number of nitrogens with zero attached hydrogens (tertiary/aromatic N) is 1. The molecule has 0 saturated heterocycles. The Morgan fingerprint density at radius 2 is 1.40 bits per heavy atom. The second kappa shape index (κ2) is 3.11. The van der Waals surface area contributed by atoms with Gasteiger partial charge in [0.1, 0.15) is 12.1 Å². The summed E-state index contributed by atoms with van der Waals surface area (Å²) in [5, 5.41) is 0. The minimum absolute atomic E-state index is 0.678. The average Bonchev–Trinajstić information content (AvgIpc) is 2.46. The highest BCUT2D eigenvalue weighted by molar-refractivity contribution is 8.02. The average molecular weight is 174 g/mol. The summed E-state index contributed by atoms with van der Waals surface area (Å²) in [5.41, 5.74) is 0. The van der Waals surface area contributed by atoms with Crippen molar-refractivity contribution in [3.63, 3.8) is 0 Å². The fourth-order valence-corrected chi connectivity index (χ4v) is 3.11. The van der Waals surface area contributed by atoms with Crippen LogP contribution in [0.1, 0.15) is 27.7 Å². The van der Waals surface area contributed by atoms with Gasteiger partial charge in [-0.1, -0.05) is 0 Å². The van der Waals surface area contributed by atoms with Crippen molar-refractivity contribution in [2.75, 3.05) is 0 Å². The molecule has 0 radical (unpaired) electrons. The molecule has 0 atom stereocenters. The normalized spacial score (nSPS) is 13.4. The lowest BCUT2D eigenvalue weighted by Gasteiger charge is -2.07. The van der Waals surface area contributed by atoms with Crippen LogP contribution < -0.4 is 9.40 Å². The molecule has 0 saturated carbocycles. The topological polar surface area (TPSA) is 3.01 Å². The smallest absolute Gasteiger partial charge is 0.218 e. The van der Waals surface area contributed by atoms with Gasteiger partial charge in [-0.3, -0.25) is 0 Å². The third kappa shape index (κ3) is 1.87. The summed E-state index contributed by atoms with van der Waals surface area (Å²) in [6, 6.07) is 1.36. The standard InChI is InChI=1S/C7H14NP2/c1-5(2)8(6(3)4)7-9-10-7/h5-6H,1-4H3/q+1. The van der Waals surface area contributed by atoms with E-state index in [4.69, 9.17) is 0 Å². The maximum absolute atomic E-state index is 2.50. The van der Waals surface area contributed by atoms with Gasteiger partial charge < -0.3 is 0 Å². The Kier molecular flexibility index (Phi) is 2.61. The van der Waals surface area contributed by atoms with E-state index in [1.807, 2.05) is 0 Å². The Balaban J connectivity index is 2.87. The van der Waals surface area contributed by atoms with Crippen LogP contribution in [0, 0.1) is 0 Å². The Morgan fingerprint density at radius 1 is 1.00 bits per heavy atom. The van der Waals surface area contributed by atoms with Crippen LogP contribution in [0.5, 0.6) is 0 Å². The second-order valence-electron chi connectivity index (χ2n) is 3.09. The second-order valence-corrected chi connectivity index (χ2v) is 5.89. The van der Waals surface area contributed by atoms with Gasteiger partial charge in [0, 0.05) is 0 Å². The molecule has 0 N–H and O–H groups in total. The zero-order valence-corrected chi connectivity index (χ0v) is 8.79. The summed E-state index contributed by atoms with van der Waals surface area (Å²) >= 11 is 0. The fraction of sp³-hybridized carbons (Fsp3) is 0.857. The van der Waals surface area contributed by atoms with Crippen LogP contribution in [0.3, 0.4) is 0 Å². The van der Waals surface area contributed by atoms with E-state index in [2.05, 4.69) is 32.3 Å². The zero-order chi connectivity index (χ0) is 7.72. The molecule has 1 nitrogen and oxygen atoms in total. The van der Waals surface area contributed by atoms with Gasteiger partial charge in [-0.2, -0.15) is 0 Å². The summed E-state index contributed by atoms with van der Waals surface area (Å²) in [5.74, 6) is 0. The van der Waals surface area contributed by atoms with Crippen molar-refractivity contribution < 1.29 is 0 Å². The molecule has 1 rings (SSSR count). The van der Waals surface area contributed by atoms with Crippen LogP contribution in [-0.4, -0.2) is 12.1 Å². The molecule has 0 aromatic carbocycles. The zero-order valence-electron chi connectivity index (χ0n) is 7.00. The van der Waals surface area contributed by atoms with Crippen molar-refractivity contribution >= 4 is 15.7 Å². The van der Waals surface area contributed by atoms with Crippen molar-refractivity contribution in [2.24, 2.45) is 0 Å². The van der Waals surface area contributed by atoms with E-state index < -0.39 is 0 Å². The van der Waals surface area contributed by atoms with Gasteiger partial charge in [-0.25, -0.2) is 4.58 Å². The highest BCUT2D eigenvalue weighted by Crippen LogP contribution is 2.19. The molecular formula is C7H14NP2+. The first-order valence-electron chi connectivity index (χ1n) is 3.70. The summed E-state index contributed by atoms with van der Waals surface area (Å²) < 4.78 is 2.50. The number of rotatable bonds is 2. The van der Waals surface area contributed by atoms with Crippen LogP contribution in [0.15, 0.2) is 0 Å². The van der Waals surface area contributed by atoms with Crippen molar-refractivity contribution in [3.8, 4) is 0 Å². The summed E-state index contributed by atoms with van der Waals surface area (Å²) in [6.07, 6.45) is 0. The molecule has 1 heterocycles. The molecule has 3 heteroatoms. The third-order valence-corrected chi connectivity index (χ3v) is 3.51. The van der Waals surface area contributed by atoms with E-state index in [1.165, 1.54) is 15.7 Å². The highest BCUT2D eigenvalue weighted by Gasteiger charge is 2.17. The molecule has 0 amide bonds. The van der Waals surface area contributed by atoms with Crippen LogP contribution in [-0.2, 0) is 0 Å². The maximum atomic E-state index is 2.50. The lowest BCUT2D eigenvalue weighted by Crippen LogP contribution is -2.36. The van der Waals surface area contributed by atoms with Crippen molar-refractivity contribution in [1.29, 1.82) is 0 Å². The molecule has 0 unspecified atom stereocenters. The summed E-state index contributed by atoms with van der Waals surface area (Å²) in [4.78, 5) is 1.60. The van der Waals surface area contributed by atoms with E-state index in [0.717, 1.165) is 0 Å². The van der Waals surface area contributed by atoms with Gasteiger partial charge >= 0.3 is 0 Å². The molecule has 10 heavy (non-hydrogen) atoms. The molecular weight excluding hydrogens is 160 g/mol. The first kappa shape index (κ1) is 8.37. The van der Waals surface area contributed by atoms with E-state index in [9.17, 15) is 0 Å². The molecule has 0 aliphatic carbocycles. The van der Waals surface area contributed by atoms with Crippen LogP contribution in [0.25, 0.3) is 0 Å². The van der Waals surface area contributed by atoms with Gasteiger partial charge in [-0.05, 0) is 27.7 Å². The Labute approximate surface area is 65.6 Å². The molecule has 0 fully saturated rings. The Morgan fingerprint density at radius 3 is 1.50 bits per heavy atom. The highest BCUT2D eigenvalue weighted by atomic mass is 31.9. The minimum atomic E-state index is 0.678. The lowest BCUT2D eigenvalue weighted by atomic mass is 10.3. The molecule has 0 bridgehead atoms. The predicted octanol–water partition coefficient (Wildman–Crippen LogP) is 2.31. The molecule has 56 valence electrons. The molecule has 0 aliphatic rings. The maximum Gasteiger partial charge on any atom is 0.259 e. The van der Waals surface area contributed by atoms with E-state index in [-0.39, 0.29) is 0 Å². The first-order valence-corrected chi connectivity index (χ1v) is 6.19. The van der Waals surface area contributed by atoms with Crippen LogP contribution >= 0.6 is 15.7 Å². The quantitative estimate of drug-likeness (QED) is 0.605. The molecule has 0 spiro atoms. The van der Waals surface area contributed by atoms with Crippen LogP contribution in [0.2, 0.25) is 0 Å². The molecule has 0 aliphatic heterocycles. The lowest BCUT2D eigenvalue weighted by molar-refractivity contribution is 0.435. The van der Waals surface area contributed by atoms with Gasteiger partial charge in [0.2, 0.25) is 0 Å². The van der Waals surface area contributed by atoms with E-state index in [1.54, 1.807) is 4.82 Å². The van der Waals surface area contributed by atoms with Gasteiger partial charge in [0.25, 0.3) is 4.82 Å². The molecule has 1 aromatic rings. The third-order valence-electron chi connectivity index (χ3n) is 1.53. The molecule has 1 aromatic heterocycles. The monoisotopic (exact) mass is 174 g/mol. The Hall–Kier alpha value is 0.270. The van der Waals surface area contributed by atoms with Crippen molar-refractivity contribution in [1.82, 2.24) is 4.58 Å². The predicted molar refractivity (Wildman–Crippen MR) is 49.4 cm³/mol. The largest absolute Gasteiger partial charge is 0.259 e. The number of hydrogen-bond acceptors (Lipinski definition) is 0.